The average Bonchev–Trinajstić information content (AvgIpc) is 2.82. The highest BCUT2D eigenvalue weighted by Gasteiger charge is 2.35. The van der Waals surface area contributed by atoms with E-state index in [4.69, 9.17) is 4.74 Å². The van der Waals surface area contributed by atoms with Crippen molar-refractivity contribution in [2.24, 2.45) is 5.92 Å². The number of nitrogens with zero attached hydrogens (tertiary/aromatic N) is 2. The number of carbonyl (C=O) groups excluding carboxylic acids is 2. The first-order chi connectivity index (χ1) is 16.1. The number of benzene rings is 2. The molecule has 1 aliphatic rings. The topological polar surface area (TPSA) is 96.0 Å². The molecular weight excluding hydrogens is 468 g/mol. The number of carbonyl (C=O) groups is 2. The molecule has 0 aromatic heterocycles. The lowest BCUT2D eigenvalue weighted by Gasteiger charge is -2.36. The van der Waals surface area contributed by atoms with Gasteiger partial charge in [0.1, 0.15) is 29.2 Å². The first-order valence-corrected chi connectivity index (χ1v) is 12.2. The Kier molecular flexibility index (Phi) is 8.21. The van der Waals surface area contributed by atoms with Crippen LogP contribution >= 0.6 is 0 Å². The maximum atomic E-state index is 14.0. The normalized spacial score (nSPS) is 15.7. The molecule has 1 N–H and O–H groups in total. The third kappa shape index (κ3) is 6.09. The summed E-state index contributed by atoms with van der Waals surface area (Å²) in [5, 5.41) is 2.59. The maximum absolute atomic E-state index is 14.0. The fourth-order valence-corrected chi connectivity index (χ4v) is 5.06. The molecule has 0 unspecified atom stereocenters. The fraction of sp³-hybridized carbons (Fsp3) is 0.391. The van der Waals surface area contributed by atoms with E-state index in [0.29, 0.717) is 6.07 Å². The summed E-state index contributed by atoms with van der Waals surface area (Å²) in [5.74, 6) is -2.53. The van der Waals surface area contributed by atoms with Gasteiger partial charge < -0.3 is 15.0 Å². The van der Waals surface area contributed by atoms with E-state index in [9.17, 15) is 26.8 Å². The van der Waals surface area contributed by atoms with Crippen LogP contribution in [0.3, 0.4) is 0 Å². The molecule has 1 aliphatic heterocycles. The molecule has 1 heterocycles. The predicted octanol–water partition coefficient (Wildman–Crippen LogP) is 2.75. The molecule has 3 rings (SSSR count). The van der Waals surface area contributed by atoms with Crippen LogP contribution in [-0.4, -0.2) is 61.8 Å². The number of alkyl carbamates (subject to hydrolysis) is 1. The summed E-state index contributed by atoms with van der Waals surface area (Å²) in [6, 6.07) is 10.5. The average molecular weight is 496 g/mol. The maximum Gasteiger partial charge on any atom is 0.408 e. The predicted molar refractivity (Wildman–Crippen MR) is 120 cm³/mol. The lowest BCUT2D eigenvalue weighted by atomic mass is 10.0. The van der Waals surface area contributed by atoms with Gasteiger partial charge in [0.2, 0.25) is 15.9 Å². The second kappa shape index (κ2) is 10.9. The van der Waals surface area contributed by atoms with Crippen molar-refractivity contribution in [2.75, 3.05) is 26.2 Å². The summed E-state index contributed by atoms with van der Waals surface area (Å²) in [6.45, 7) is 3.50. The van der Waals surface area contributed by atoms with Gasteiger partial charge in [-0.1, -0.05) is 44.2 Å². The standard InChI is InChI=1S/C23H27F2N3O5S/c1-16(2)21(26-23(30)33-15-17-6-4-3-5-7-17)22(29)27-10-12-28(13-11-27)34(31,32)20-14-18(24)8-9-19(20)25/h3-9,14,16,21H,10-13,15H2,1-2H3,(H,26,30)/t21-/m0/s1. The van der Waals surface area contributed by atoms with Gasteiger partial charge in [0, 0.05) is 26.2 Å². The van der Waals surface area contributed by atoms with Crippen molar-refractivity contribution in [3.8, 4) is 0 Å². The van der Waals surface area contributed by atoms with Gasteiger partial charge in [0.15, 0.2) is 0 Å². The van der Waals surface area contributed by atoms with E-state index < -0.39 is 38.7 Å². The lowest BCUT2D eigenvalue weighted by Crippen LogP contribution is -2.57. The molecule has 1 atom stereocenters. The van der Waals surface area contributed by atoms with Crippen LogP contribution in [0.2, 0.25) is 0 Å². The Balaban J connectivity index is 1.60. The molecule has 2 aromatic carbocycles. The van der Waals surface area contributed by atoms with Crippen LogP contribution in [0.15, 0.2) is 53.4 Å². The van der Waals surface area contributed by atoms with Gasteiger partial charge in [-0.05, 0) is 29.7 Å². The summed E-state index contributed by atoms with van der Waals surface area (Å²) in [7, 11) is -4.26. The SMILES string of the molecule is CC(C)[C@H](NC(=O)OCc1ccccc1)C(=O)N1CCN(S(=O)(=O)c2cc(F)ccc2F)CC1. The lowest BCUT2D eigenvalue weighted by molar-refractivity contribution is -0.135. The molecule has 184 valence electrons. The van der Waals surface area contributed by atoms with Gasteiger partial charge in [-0.25, -0.2) is 22.0 Å². The van der Waals surface area contributed by atoms with Crippen molar-refractivity contribution in [3.63, 3.8) is 0 Å². The van der Waals surface area contributed by atoms with Crippen LogP contribution in [-0.2, 0) is 26.2 Å². The molecule has 0 spiro atoms. The highest BCUT2D eigenvalue weighted by molar-refractivity contribution is 7.89. The fourth-order valence-electron chi connectivity index (χ4n) is 3.56. The van der Waals surface area contributed by atoms with Crippen LogP contribution < -0.4 is 5.32 Å². The van der Waals surface area contributed by atoms with Crippen LogP contribution in [0, 0.1) is 17.6 Å². The van der Waals surface area contributed by atoms with E-state index in [-0.39, 0.29) is 44.6 Å². The second-order valence-electron chi connectivity index (χ2n) is 8.23. The van der Waals surface area contributed by atoms with Gasteiger partial charge in [-0.15, -0.1) is 0 Å². The summed E-state index contributed by atoms with van der Waals surface area (Å²) in [4.78, 5) is 26.0. The van der Waals surface area contributed by atoms with Crippen molar-refractivity contribution in [1.82, 2.24) is 14.5 Å². The van der Waals surface area contributed by atoms with Crippen molar-refractivity contribution in [2.45, 2.75) is 31.4 Å². The van der Waals surface area contributed by atoms with Crippen LogP contribution in [0.1, 0.15) is 19.4 Å². The number of hydrogen-bond donors (Lipinski definition) is 1. The number of halogens is 2. The van der Waals surface area contributed by atoms with Gasteiger partial charge in [-0.3, -0.25) is 4.79 Å². The van der Waals surface area contributed by atoms with Crippen LogP contribution in [0.4, 0.5) is 13.6 Å². The molecule has 0 bridgehead atoms. The highest BCUT2D eigenvalue weighted by Crippen LogP contribution is 2.22. The first-order valence-electron chi connectivity index (χ1n) is 10.8. The van der Waals surface area contributed by atoms with E-state index in [1.807, 2.05) is 30.3 Å². The van der Waals surface area contributed by atoms with E-state index in [1.165, 1.54) is 4.90 Å². The molecule has 0 saturated carbocycles. The Morgan fingerprint density at radius 1 is 1.03 bits per heavy atom. The number of sulfonamides is 1. The monoisotopic (exact) mass is 495 g/mol. The molecule has 34 heavy (non-hydrogen) atoms. The molecule has 0 aliphatic carbocycles. The smallest absolute Gasteiger partial charge is 0.408 e. The number of amides is 2. The number of hydrogen-bond acceptors (Lipinski definition) is 5. The Morgan fingerprint density at radius 2 is 1.68 bits per heavy atom. The zero-order chi connectivity index (χ0) is 24.9. The summed E-state index contributed by atoms with van der Waals surface area (Å²) < 4.78 is 59.2. The highest BCUT2D eigenvalue weighted by atomic mass is 32.2. The summed E-state index contributed by atoms with van der Waals surface area (Å²) >= 11 is 0. The molecule has 2 aromatic rings. The van der Waals surface area contributed by atoms with Gasteiger partial charge in [0.05, 0.1) is 0 Å². The second-order valence-corrected chi connectivity index (χ2v) is 10.1. The minimum Gasteiger partial charge on any atom is -0.445 e. The van der Waals surface area contributed by atoms with Crippen molar-refractivity contribution in [1.29, 1.82) is 0 Å². The molecule has 8 nitrogen and oxygen atoms in total. The van der Waals surface area contributed by atoms with Gasteiger partial charge >= 0.3 is 6.09 Å². The van der Waals surface area contributed by atoms with Crippen molar-refractivity contribution >= 4 is 22.0 Å². The largest absolute Gasteiger partial charge is 0.445 e. The molecule has 11 heteroatoms. The summed E-state index contributed by atoms with van der Waals surface area (Å²) in [6.07, 6.45) is -0.737. The molecule has 1 fully saturated rings. The minimum atomic E-state index is -4.26. The molecule has 2 amide bonds. The van der Waals surface area contributed by atoms with E-state index in [1.54, 1.807) is 13.8 Å². The number of rotatable bonds is 7. The third-order valence-electron chi connectivity index (χ3n) is 5.48. The minimum absolute atomic E-state index is 0.0406. The third-order valence-corrected chi connectivity index (χ3v) is 7.39. The quantitative estimate of drug-likeness (QED) is 0.637. The van der Waals surface area contributed by atoms with Crippen molar-refractivity contribution in [3.05, 3.63) is 65.7 Å². The van der Waals surface area contributed by atoms with Crippen LogP contribution in [0.5, 0.6) is 0 Å². The molecule has 0 radical (unpaired) electrons. The number of nitrogens with one attached hydrogen (secondary N) is 1. The molecule has 1 saturated heterocycles. The Bertz CT molecular complexity index is 1120. The number of ether oxygens (including phenoxy) is 1. The molecular formula is C23H27F2N3O5S. The zero-order valence-corrected chi connectivity index (χ0v) is 19.7. The Hall–Kier alpha value is -3.05. The van der Waals surface area contributed by atoms with E-state index >= 15 is 0 Å². The zero-order valence-electron chi connectivity index (χ0n) is 18.9. The van der Waals surface area contributed by atoms with Gasteiger partial charge in [-0.2, -0.15) is 4.31 Å². The van der Waals surface area contributed by atoms with Crippen LogP contribution in [0.25, 0.3) is 0 Å². The first kappa shape index (κ1) is 25.6. The Morgan fingerprint density at radius 3 is 2.29 bits per heavy atom. The van der Waals surface area contributed by atoms with Gasteiger partial charge in [0.25, 0.3) is 0 Å². The van der Waals surface area contributed by atoms with E-state index in [2.05, 4.69) is 5.32 Å². The Labute approximate surface area is 197 Å². The van der Waals surface area contributed by atoms with E-state index in [0.717, 1.165) is 22.0 Å². The number of piperazine rings is 1. The summed E-state index contributed by atoms with van der Waals surface area (Å²) in [5.41, 5.74) is 0.803. The van der Waals surface area contributed by atoms with Crippen molar-refractivity contribution < 1.29 is 31.5 Å².